The quantitative estimate of drug-likeness (QED) is 0.287. The number of aryl methyl sites for hydroxylation is 1. The third kappa shape index (κ3) is 5.31. The maximum absolute atomic E-state index is 12.2. The minimum atomic E-state index is -0.870. The summed E-state index contributed by atoms with van der Waals surface area (Å²) in [4.78, 5) is 14.3. The Morgan fingerprint density at radius 3 is 2.40 bits per heavy atom. The Hall–Kier alpha value is -3.81. The molecule has 1 fully saturated rings. The highest BCUT2D eigenvalue weighted by Crippen LogP contribution is 2.29. The Bertz CT molecular complexity index is 1240. The van der Waals surface area contributed by atoms with E-state index in [4.69, 9.17) is 21.3 Å². The van der Waals surface area contributed by atoms with Crippen molar-refractivity contribution in [2.45, 2.75) is 51.7 Å². The highest BCUT2D eigenvalue weighted by Gasteiger charge is 2.24. The number of rotatable bonds is 8. The van der Waals surface area contributed by atoms with E-state index in [9.17, 15) is 9.90 Å². The number of aliphatic carboxylic acids is 1. The monoisotopic (exact) mass is 475 g/mol. The van der Waals surface area contributed by atoms with Crippen molar-refractivity contribution in [2.24, 2.45) is 5.73 Å². The summed E-state index contributed by atoms with van der Waals surface area (Å²) in [5.74, 6) is -0.217. The first kappa shape index (κ1) is 24.3. The third-order valence-corrected chi connectivity index (χ3v) is 6.83. The summed E-state index contributed by atoms with van der Waals surface area (Å²) in [6.45, 7) is 6.20. The summed E-state index contributed by atoms with van der Waals surface area (Å²) in [7, 11) is 0. The lowest BCUT2D eigenvalue weighted by Gasteiger charge is -2.32. The van der Waals surface area contributed by atoms with E-state index in [1.807, 2.05) is 62.4 Å². The van der Waals surface area contributed by atoms with Crippen LogP contribution in [-0.2, 0) is 17.8 Å². The molecule has 4 rings (SSSR count). The molecular formula is C27H33N5O3. The molecule has 1 aliphatic rings. The van der Waals surface area contributed by atoms with E-state index in [1.165, 1.54) is 0 Å². The minimum absolute atomic E-state index is 0.0128. The SMILES string of the molecule is CCn1c(CC(C(=O)O)c2ccc(OC3CCN(C(C)=N)CC3)cc2)cc2cc(C(=N)N)ccc21. The van der Waals surface area contributed by atoms with Gasteiger partial charge in [0.1, 0.15) is 17.7 Å². The highest BCUT2D eigenvalue weighted by molar-refractivity contribution is 5.99. The molecular weight excluding hydrogens is 442 g/mol. The molecule has 1 atom stereocenters. The molecule has 184 valence electrons. The van der Waals surface area contributed by atoms with Crippen LogP contribution in [0.3, 0.4) is 0 Å². The standard InChI is InChI=1S/C27H33N5O3/c1-3-32-21(15-20-14-19(26(29)30)6-9-25(20)32)16-24(27(33)34)18-4-7-22(8-5-18)35-23-10-12-31(13-11-23)17(2)28/h4-9,14-15,23-24,28H,3,10-13,16H2,1-2H3,(H3,29,30)(H,33,34). The number of ether oxygens (including phenoxy) is 1. The third-order valence-electron chi connectivity index (χ3n) is 6.83. The van der Waals surface area contributed by atoms with Crippen LogP contribution < -0.4 is 10.5 Å². The minimum Gasteiger partial charge on any atom is -0.490 e. The normalized spacial score (nSPS) is 15.2. The van der Waals surface area contributed by atoms with Crippen LogP contribution in [0.1, 0.15) is 49.4 Å². The van der Waals surface area contributed by atoms with E-state index in [1.54, 1.807) is 0 Å². The number of nitrogen functional groups attached to an aromatic ring is 1. The average Bonchev–Trinajstić information content (AvgIpc) is 3.19. The Morgan fingerprint density at radius 2 is 1.83 bits per heavy atom. The summed E-state index contributed by atoms with van der Waals surface area (Å²) in [6.07, 6.45) is 2.19. The lowest BCUT2D eigenvalue weighted by molar-refractivity contribution is -0.138. The van der Waals surface area contributed by atoms with Crippen LogP contribution >= 0.6 is 0 Å². The van der Waals surface area contributed by atoms with Gasteiger partial charge in [0.2, 0.25) is 0 Å². The van der Waals surface area contributed by atoms with Crippen molar-refractivity contribution in [3.8, 4) is 5.75 Å². The Balaban J connectivity index is 1.50. The Kier molecular flexibility index (Phi) is 7.10. The van der Waals surface area contributed by atoms with Crippen molar-refractivity contribution in [2.75, 3.05) is 13.1 Å². The largest absolute Gasteiger partial charge is 0.490 e. The van der Waals surface area contributed by atoms with Crippen LogP contribution in [0.15, 0.2) is 48.5 Å². The van der Waals surface area contributed by atoms with Crippen molar-refractivity contribution >= 4 is 28.5 Å². The Morgan fingerprint density at radius 1 is 1.14 bits per heavy atom. The number of piperidine rings is 1. The predicted octanol–water partition coefficient (Wildman–Crippen LogP) is 4.20. The highest BCUT2D eigenvalue weighted by atomic mass is 16.5. The predicted molar refractivity (Wildman–Crippen MR) is 138 cm³/mol. The smallest absolute Gasteiger partial charge is 0.311 e. The molecule has 35 heavy (non-hydrogen) atoms. The number of nitrogens with zero attached hydrogens (tertiary/aromatic N) is 2. The maximum atomic E-state index is 12.2. The molecule has 0 aliphatic carbocycles. The Labute approximate surface area is 205 Å². The lowest BCUT2D eigenvalue weighted by Crippen LogP contribution is -2.40. The molecule has 1 unspecified atom stereocenters. The zero-order chi connectivity index (χ0) is 25.1. The van der Waals surface area contributed by atoms with Crippen LogP contribution in [0.4, 0.5) is 0 Å². The molecule has 0 radical (unpaired) electrons. The molecule has 8 nitrogen and oxygen atoms in total. The number of hydrogen-bond acceptors (Lipinski definition) is 4. The molecule has 0 amide bonds. The number of benzene rings is 2. The van der Waals surface area contributed by atoms with Crippen LogP contribution in [0.2, 0.25) is 0 Å². The number of likely N-dealkylation sites (tertiary alicyclic amines) is 1. The first-order valence-electron chi connectivity index (χ1n) is 12.0. The molecule has 2 aromatic carbocycles. The van der Waals surface area contributed by atoms with Crippen molar-refractivity contribution in [3.05, 3.63) is 65.4 Å². The first-order valence-corrected chi connectivity index (χ1v) is 12.0. The van der Waals surface area contributed by atoms with Crippen LogP contribution in [0, 0.1) is 10.8 Å². The molecule has 5 N–H and O–H groups in total. The number of hydrogen-bond donors (Lipinski definition) is 4. The average molecular weight is 476 g/mol. The summed E-state index contributed by atoms with van der Waals surface area (Å²) in [5.41, 5.74) is 8.97. The second kappa shape index (κ2) is 10.2. The number of amidine groups is 2. The van der Waals surface area contributed by atoms with Crippen LogP contribution in [-0.4, -0.2) is 51.4 Å². The van der Waals surface area contributed by atoms with Gasteiger partial charge in [-0.3, -0.25) is 15.6 Å². The first-order chi connectivity index (χ1) is 16.8. The number of nitrogens with two attached hydrogens (primary N) is 1. The van der Waals surface area contributed by atoms with Gasteiger partial charge in [-0.2, -0.15) is 0 Å². The molecule has 1 aliphatic heterocycles. The fourth-order valence-electron chi connectivity index (χ4n) is 4.88. The van der Waals surface area contributed by atoms with Gasteiger partial charge in [0.05, 0.1) is 11.8 Å². The van der Waals surface area contributed by atoms with Gasteiger partial charge in [-0.05, 0) is 55.8 Å². The zero-order valence-corrected chi connectivity index (χ0v) is 20.3. The molecule has 0 saturated carbocycles. The fourth-order valence-corrected chi connectivity index (χ4v) is 4.88. The summed E-state index contributed by atoms with van der Waals surface area (Å²) in [6, 6.07) is 15.0. The molecule has 0 bridgehead atoms. The van der Waals surface area contributed by atoms with Gasteiger partial charge in [0.25, 0.3) is 0 Å². The summed E-state index contributed by atoms with van der Waals surface area (Å²) >= 11 is 0. The zero-order valence-electron chi connectivity index (χ0n) is 20.3. The van der Waals surface area contributed by atoms with E-state index < -0.39 is 11.9 Å². The maximum Gasteiger partial charge on any atom is 0.311 e. The van der Waals surface area contributed by atoms with Gasteiger partial charge in [0, 0.05) is 61.1 Å². The van der Waals surface area contributed by atoms with E-state index >= 15 is 0 Å². The van der Waals surface area contributed by atoms with E-state index in [2.05, 4.69) is 9.47 Å². The molecule has 1 aromatic heterocycles. The van der Waals surface area contributed by atoms with E-state index in [-0.39, 0.29) is 11.9 Å². The van der Waals surface area contributed by atoms with Crippen molar-refractivity contribution in [1.82, 2.24) is 9.47 Å². The van der Waals surface area contributed by atoms with Crippen molar-refractivity contribution < 1.29 is 14.6 Å². The molecule has 8 heteroatoms. The summed E-state index contributed by atoms with van der Waals surface area (Å²) in [5, 5.41) is 26.4. The van der Waals surface area contributed by atoms with Gasteiger partial charge in [-0.25, -0.2) is 0 Å². The van der Waals surface area contributed by atoms with Gasteiger partial charge in [0.15, 0.2) is 0 Å². The van der Waals surface area contributed by atoms with E-state index in [0.717, 1.165) is 53.8 Å². The number of carboxylic acids is 1. The molecule has 2 heterocycles. The molecule has 1 saturated heterocycles. The number of nitrogens with one attached hydrogen (secondary N) is 2. The number of fused-ring (bicyclic) bond motifs is 1. The summed E-state index contributed by atoms with van der Waals surface area (Å²) < 4.78 is 8.25. The van der Waals surface area contributed by atoms with Crippen LogP contribution in [0.5, 0.6) is 5.75 Å². The molecule has 3 aromatic rings. The molecule has 0 spiro atoms. The number of carboxylic acid groups (broad SMARTS) is 1. The second-order valence-electron chi connectivity index (χ2n) is 9.12. The fraction of sp³-hybridized carbons (Fsp3) is 0.370. The van der Waals surface area contributed by atoms with Crippen LogP contribution in [0.25, 0.3) is 10.9 Å². The van der Waals surface area contributed by atoms with Gasteiger partial charge < -0.3 is 25.0 Å². The topological polar surface area (TPSA) is 128 Å². The number of aromatic nitrogens is 1. The van der Waals surface area contributed by atoms with E-state index in [0.29, 0.717) is 24.4 Å². The van der Waals surface area contributed by atoms with Crippen molar-refractivity contribution in [1.29, 1.82) is 10.8 Å². The second-order valence-corrected chi connectivity index (χ2v) is 9.12. The number of carbonyl (C=O) groups is 1. The van der Waals surface area contributed by atoms with Crippen molar-refractivity contribution in [3.63, 3.8) is 0 Å². The lowest BCUT2D eigenvalue weighted by atomic mass is 9.94. The van der Waals surface area contributed by atoms with Gasteiger partial charge >= 0.3 is 5.97 Å². The van der Waals surface area contributed by atoms with Gasteiger partial charge in [-0.1, -0.05) is 12.1 Å². The van der Waals surface area contributed by atoms with Gasteiger partial charge in [-0.15, -0.1) is 0 Å².